The summed E-state index contributed by atoms with van der Waals surface area (Å²) >= 11 is 3.09. The molecule has 2 rings (SSSR count). The quantitative estimate of drug-likeness (QED) is 0.660. The average Bonchev–Trinajstić information content (AvgIpc) is 2.40. The maximum atomic E-state index is 14.3. The van der Waals surface area contributed by atoms with Gasteiger partial charge in [-0.15, -0.1) is 0 Å². The summed E-state index contributed by atoms with van der Waals surface area (Å²) in [6.07, 6.45) is 0. The Morgan fingerprint density at radius 3 is 2.55 bits per heavy atom. The van der Waals surface area contributed by atoms with Gasteiger partial charge in [-0.05, 0) is 46.3 Å². The van der Waals surface area contributed by atoms with Crippen LogP contribution in [0.5, 0.6) is 0 Å². The number of halogens is 3. The fourth-order valence-corrected chi connectivity index (χ4v) is 2.38. The molecule has 0 unspecified atom stereocenters. The first-order chi connectivity index (χ1) is 9.41. The van der Waals surface area contributed by atoms with Crippen molar-refractivity contribution >= 4 is 33.1 Å². The number of benzene rings is 2. The lowest BCUT2D eigenvalue weighted by Gasteiger charge is -2.21. The highest BCUT2D eigenvalue weighted by Gasteiger charge is 2.16. The number of rotatable bonds is 3. The Hall–Kier alpha value is -1.95. The van der Waals surface area contributed by atoms with Crippen LogP contribution in [-0.2, 0) is 0 Å². The third kappa shape index (κ3) is 2.65. The highest BCUT2D eigenvalue weighted by Crippen LogP contribution is 2.32. The van der Waals surface area contributed by atoms with Gasteiger partial charge in [-0.2, -0.15) is 0 Å². The summed E-state index contributed by atoms with van der Waals surface area (Å²) in [6, 6.07) is 8.91. The fourth-order valence-electron chi connectivity index (χ4n) is 1.83. The van der Waals surface area contributed by atoms with Gasteiger partial charge < -0.3 is 10.6 Å². The highest BCUT2D eigenvalue weighted by atomic mass is 79.9. The van der Waals surface area contributed by atoms with Crippen molar-refractivity contribution in [1.29, 1.82) is 5.41 Å². The van der Waals surface area contributed by atoms with Crippen molar-refractivity contribution in [3.8, 4) is 0 Å². The number of hydrogen-bond acceptors (Lipinski definition) is 2. The van der Waals surface area contributed by atoms with E-state index >= 15 is 0 Å². The normalized spacial score (nSPS) is 10.4. The van der Waals surface area contributed by atoms with Crippen LogP contribution in [0.2, 0.25) is 0 Å². The SMILES string of the molecule is CN(c1cccc(F)c1)c1ccc(C(=N)N)c(Br)c1F. The summed E-state index contributed by atoms with van der Waals surface area (Å²) in [5.74, 6) is -1.17. The lowest BCUT2D eigenvalue weighted by atomic mass is 10.1. The smallest absolute Gasteiger partial charge is 0.161 e. The van der Waals surface area contributed by atoms with Crippen molar-refractivity contribution < 1.29 is 8.78 Å². The predicted molar refractivity (Wildman–Crippen MR) is 79.6 cm³/mol. The van der Waals surface area contributed by atoms with E-state index in [1.54, 1.807) is 25.2 Å². The van der Waals surface area contributed by atoms with Crippen LogP contribution in [0, 0.1) is 17.0 Å². The summed E-state index contributed by atoms with van der Waals surface area (Å²) < 4.78 is 27.7. The van der Waals surface area contributed by atoms with Gasteiger partial charge in [-0.1, -0.05) is 6.07 Å². The van der Waals surface area contributed by atoms with Gasteiger partial charge in [-0.25, -0.2) is 8.78 Å². The van der Waals surface area contributed by atoms with Gasteiger partial charge >= 0.3 is 0 Å². The van der Waals surface area contributed by atoms with Crippen molar-refractivity contribution in [2.24, 2.45) is 5.73 Å². The van der Waals surface area contributed by atoms with E-state index in [4.69, 9.17) is 11.1 Å². The van der Waals surface area contributed by atoms with Gasteiger partial charge in [0, 0.05) is 18.3 Å². The minimum Gasteiger partial charge on any atom is -0.384 e. The number of anilines is 2. The van der Waals surface area contributed by atoms with Crippen LogP contribution in [0.4, 0.5) is 20.2 Å². The Morgan fingerprint density at radius 1 is 1.25 bits per heavy atom. The van der Waals surface area contributed by atoms with Crippen molar-refractivity contribution in [3.63, 3.8) is 0 Å². The van der Waals surface area contributed by atoms with Gasteiger partial charge in [0.05, 0.1) is 10.2 Å². The van der Waals surface area contributed by atoms with E-state index < -0.39 is 11.6 Å². The molecule has 2 aromatic carbocycles. The van der Waals surface area contributed by atoms with Crippen molar-refractivity contribution in [1.82, 2.24) is 0 Å². The first kappa shape index (κ1) is 14.5. The fraction of sp³-hybridized carbons (Fsp3) is 0.0714. The average molecular weight is 340 g/mol. The zero-order valence-corrected chi connectivity index (χ0v) is 12.2. The molecule has 3 N–H and O–H groups in total. The van der Waals surface area contributed by atoms with Gasteiger partial charge in [0.2, 0.25) is 0 Å². The van der Waals surface area contributed by atoms with E-state index in [9.17, 15) is 8.78 Å². The van der Waals surface area contributed by atoms with Crippen LogP contribution in [-0.4, -0.2) is 12.9 Å². The van der Waals surface area contributed by atoms with Gasteiger partial charge in [0.1, 0.15) is 11.7 Å². The minimum absolute atomic E-state index is 0.116. The predicted octanol–water partition coefficient (Wildman–Crippen LogP) is 3.78. The zero-order chi connectivity index (χ0) is 14.9. The summed E-state index contributed by atoms with van der Waals surface area (Å²) in [6.45, 7) is 0. The van der Waals surface area contributed by atoms with Crippen LogP contribution in [0.25, 0.3) is 0 Å². The van der Waals surface area contributed by atoms with E-state index in [2.05, 4.69) is 15.9 Å². The van der Waals surface area contributed by atoms with E-state index in [0.29, 0.717) is 5.69 Å². The maximum Gasteiger partial charge on any atom is 0.161 e. The molecule has 0 fully saturated rings. The Bertz CT molecular complexity index is 673. The molecular formula is C14H12BrF2N3. The lowest BCUT2D eigenvalue weighted by molar-refractivity contribution is 0.618. The topological polar surface area (TPSA) is 53.1 Å². The Labute approximate surface area is 123 Å². The number of nitrogens with zero attached hydrogens (tertiary/aromatic N) is 1. The minimum atomic E-state index is -0.551. The van der Waals surface area contributed by atoms with Gasteiger partial charge in [0.25, 0.3) is 0 Å². The molecule has 0 saturated heterocycles. The van der Waals surface area contributed by atoms with E-state index in [0.717, 1.165) is 0 Å². The molecule has 0 aliphatic heterocycles. The van der Waals surface area contributed by atoms with Gasteiger partial charge in [-0.3, -0.25) is 5.41 Å². The van der Waals surface area contributed by atoms with Crippen LogP contribution in [0.15, 0.2) is 40.9 Å². The van der Waals surface area contributed by atoms with Crippen molar-refractivity contribution in [2.45, 2.75) is 0 Å². The molecule has 0 aliphatic carbocycles. The lowest BCUT2D eigenvalue weighted by Crippen LogP contribution is -2.16. The van der Waals surface area contributed by atoms with Crippen molar-refractivity contribution in [2.75, 3.05) is 11.9 Å². The molecule has 104 valence electrons. The van der Waals surface area contributed by atoms with E-state index in [1.165, 1.54) is 23.1 Å². The third-order valence-corrected chi connectivity index (χ3v) is 3.68. The summed E-state index contributed by atoms with van der Waals surface area (Å²) in [7, 11) is 1.63. The number of amidine groups is 1. The largest absolute Gasteiger partial charge is 0.384 e. The molecule has 0 spiro atoms. The van der Waals surface area contributed by atoms with Gasteiger partial charge in [0.15, 0.2) is 5.82 Å². The second kappa shape index (κ2) is 5.58. The highest BCUT2D eigenvalue weighted by molar-refractivity contribution is 9.10. The maximum absolute atomic E-state index is 14.3. The van der Waals surface area contributed by atoms with Crippen molar-refractivity contribution in [3.05, 3.63) is 58.1 Å². The van der Waals surface area contributed by atoms with Crippen LogP contribution in [0.3, 0.4) is 0 Å². The van der Waals surface area contributed by atoms with Crippen LogP contribution < -0.4 is 10.6 Å². The van der Waals surface area contributed by atoms with E-state index in [-0.39, 0.29) is 21.6 Å². The summed E-state index contributed by atoms with van der Waals surface area (Å²) in [5.41, 5.74) is 6.42. The molecule has 6 heteroatoms. The molecule has 0 aliphatic rings. The molecule has 0 heterocycles. The molecule has 2 aromatic rings. The first-order valence-corrected chi connectivity index (χ1v) is 6.53. The van der Waals surface area contributed by atoms with Crippen LogP contribution >= 0.6 is 15.9 Å². The van der Waals surface area contributed by atoms with E-state index in [1.807, 2.05) is 0 Å². The molecule has 0 bridgehead atoms. The second-order valence-corrected chi connectivity index (χ2v) is 5.01. The monoisotopic (exact) mass is 339 g/mol. The number of nitrogen functional groups attached to an aromatic ring is 1. The number of hydrogen-bond donors (Lipinski definition) is 2. The molecule has 0 atom stereocenters. The standard InChI is InChI=1S/C14H12BrF2N3/c1-20(9-4-2-3-8(16)7-9)11-6-5-10(14(18)19)12(15)13(11)17/h2-7H,1H3,(H3,18,19). The second-order valence-electron chi connectivity index (χ2n) is 4.21. The Morgan fingerprint density at radius 2 is 1.95 bits per heavy atom. The number of nitrogens with two attached hydrogens (primary N) is 1. The number of nitrogens with one attached hydrogen (secondary N) is 1. The Kier molecular flexibility index (Phi) is 4.04. The Balaban J connectivity index is 2.48. The summed E-state index contributed by atoms with van der Waals surface area (Å²) in [4.78, 5) is 1.52. The molecule has 0 amide bonds. The molecular weight excluding hydrogens is 328 g/mol. The molecule has 20 heavy (non-hydrogen) atoms. The molecule has 0 aromatic heterocycles. The molecule has 0 radical (unpaired) electrons. The summed E-state index contributed by atoms with van der Waals surface area (Å²) in [5, 5.41) is 7.36. The zero-order valence-electron chi connectivity index (χ0n) is 10.6. The molecule has 0 saturated carbocycles. The third-order valence-electron chi connectivity index (χ3n) is 2.91. The van der Waals surface area contributed by atoms with Crippen LogP contribution in [0.1, 0.15) is 5.56 Å². The molecule has 3 nitrogen and oxygen atoms in total. The first-order valence-electron chi connectivity index (χ1n) is 5.73.